The molecule has 0 aromatic heterocycles. The highest BCUT2D eigenvalue weighted by Crippen LogP contribution is 2.25. The molecule has 0 saturated carbocycles. The molecule has 7 rings (SSSR count). The van der Waals surface area contributed by atoms with Gasteiger partial charge in [0.15, 0.2) is 0 Å². The van der Waals surface area contributed by atoms with E-state index in [1.807, 2.05) is 24.3 Å². The van der Waals surface area contributed by atoms with Crippen LogP contribution in [0.1, 0.15) is 131 Å². The minimum atomic E-state index is -0.650. The van der Waals surface area contributed by atoms with Crippen LogP contribution in [0.25, 0.3) is 0 Å². The molecular formula is C63H68N2O13. The molecule has 0 atom stereocenters. The van der Waals surface area contributed by atoms with Gasteiger partial charge in [0, 0.05) is 31.9 Å². The molecule has 0 bridgehead atoms. The van der Waals surface area contributed by atoms with E-state index in [-0.39, 0.29) is 42.1 Å². The van der Waals surface area contributed by atoms with Crippen molar-refractivity contribution in [3.05, 3.63) is 173 Å². The molecule has 1 fully saturated rings. The van der Waals surface area contributed by atoms with Crippen molar-refractivity contribution in [2.45, 2.75) is 90.4 Å². The first-order chi connectivity index (χ1) is 38.0. The summed E-state index contributed by atoms with van der Waals surface area (Å²) in [7, 11) is 2.11. The van der Waals surface area contributed by atoms with Crippen molar-refractivity contribution in [2.75, 3.05) is 51.3 Å². The lowest BCUT2D eigenvalue weighted by Crippen LogP contribution is -2.44. The highest BCUT2D eigenvalue weighted by molar-refractivity contribution is 5.93. The Morgan fingerprint density at radius 2 is 0.756 bits per heavy atom. The second-order valence-electron chi connectivity index (χ2n) is 19.1. The van der Waals surface area contributed by atoms with Gasteiger partial charge in [0.2, 0.25) is 0 Å². The second-order valence-corrected chi connectivity index (χ2v) is 19.1. The molecule has 1 aliphatic heterocycles. The molecule has 1 aliphatic rings. The molecule has 0 aliphatic carbocycles. The van der Waals surface area contributed by atoms with Gasteiger partial charge in [-0.15, -0.1) is 0 Å². The molecule has 0 N–H and O–H groups in total. The van der Waals surface area contributed by atoms with Gasteiger partial charge in [-0.3, -0.25) is 9.59 Å². The van der Waals surface area contributed by atoms with Crippen molar-refractivity contribution in [1.29, 1.82) is 0 Å². The van der Waals surface area contributed by atoms with Crippen molar-refractivity contribution in [2.24, 2.45) is 0 Å². The molecule has 1 heterocycles. The van der Waals surface area contributed by atoms with E-state index < -0.39 is 35.8 Å². The SMILES string of the molecule is CCCCCCCCc1ccc(C(=O)Oc2ccc(OC(=O)c3ccc(OCCCCCCOC(=O)CCC(=O)Oc4ccc(C(=O)Oc5ccc(C(=O)Oc6ccc(N7CCN(C)CC7)cc6)cc5)cc4)cc3)cc2)cc1. The van der Waals surface area contributed by atoms with E-state index in [9.17, 15) is 28.8 Å². The smallest absolute Gasteiger partial charge is 0.343 e. The highest BCUT2D eigenvalue weighted by atomic mass is 16.6. The van der Waals surface area contributed by atoms with Gasteiger partial charge in [0.25, 0.3) is 0 Å². The number of anilines is 1. The normalized spacial score (nSPS) is 12.3. The lowest BCUT2D eigenvalue weighted by Gasteiger charge is -2.34. The number of carbonyl (C=O) groups is 6. The number of piperazine rings is 1. The molecule has 6 aromatic carbocycles. The van der Waals surface area contributed by atoms with Gasteiger partial charge in [0.1, 0.15) is 34.5 Å². The van der Waals surface area contributed by atoms with Gasteiger partial charge in [-0.1, -0.05) is 51.2 Å². The number of esters is 6. The van der Waals surface area contributed by atoms with E-state index in [1.165, 1.54) is 86.2 Å². The Kier molecular flexibility index (Phi) is 22.4. The molecule has 15 heteroatoms. The predicted octanol–water partition coefficient (Wildman–Crippen LogP) is 12.1. The maximum absolute atomic E-state index is 12.8. The van der Waals surface area contributed by atoms with Gasteiger partial charge < -0.3 is 43.0 Å². The summed E-state index contributed by atoms with van der Waals surface area (Å²) in [6.07, 6.45) is 11.2. The molecule has 0 spiro atoms. The highest BCUT2D eigenvalue weighted by Gasteiger charge is 2.18. The molecule has 6 aromatic rings. The zero-order valence-electron chi connectivity index (χ0n) is 44.5. The molecule has 0 radical (unpaired) electrons. The standard InChI is InChI=1S/C63H68N2O13/c1-3-4-5-6-7-10-13-46-14-16-47(17-15-46)60(68)77-56-34-36-57(37-35-56)78-61(69)48-18-26-52(27-19-48)72-44-11-8-9-12-45-73-58(66)38-39-59(67)74-53-28-20-49(21-29-53)62(70)75-54-30-22-50(23-31-54)63(71)76-55-32-24-51(25-33-55)65-42-40-64(2)41-43-65/h14-37H,3-13,38-45H2,1-2H3. The van der Waals surface area contributed by atoms with E-state index in [2.05, 4.69) is 23.8 Å². The summed E-state index contributed by atoms with van der Waals surface area (Å²) in [5, 5.41) is 0. The fourth-order valence-electron chi connectivity index (χ4n) is 8.34. The third-order valence-corrected chi connectivity index (χ3v) is 13.0. The summed E-state index contributed by atoms with van der Waals surface area (Å²) < 4.78 is 38.5. The lowest BCUT2D eigenvalue weighted by molar-refractivity contribution is -0.147. The zero-order chi connectivity index (χ0) is 54.9. The fourth-order valence-corrected chi connectivity index (χ4v) is 8.34. The summed E-state index contributed by atoms with van der Waals surface area (Å²) in [6.45, 7) is 6.75. The quantitative estimate of drug-likeness (QED) is 0.0258. The Balaban J connectivity index is 0.694. The van der Waals surface area contributed by atoms with Crippen LogP contribution in [0.15, 0.2) is 146 Å². The van der Waals surface area contributed by atoms with Crippen LogP contribution in [0.2, 0.25) is 0 Å². The van der Waals surface area contributed by atoms with Crippen LogP contribution >= 0.6 is 0 Å². The average molecular weight is 1060 g/mol. The van der Waals surface area contributed by atoms with Crippen LogP contribution in [0.5, 0.6) is 34.5 Å². The molecule has 408 valence electrons. The Morgan fingerprint density at radius 3 is 1.24 bits per heavy atom. The molecule has 1 saturated heterocycles. The van der Waals surface area contributed by atoms with Crippen molar-refractivity contribution in [3.63, 3.8) is 0 Å². The van der Waals surface area contributed by atoms with E-state index in [4.69, 9.17) is 33.2 Å². The number of carbonyl (C=O) groups excluding carboxylic acids is 6. The van der Waals surface area contributed by atoms with Crippen LogP contribution < -0.4 is 33.3 Å². The van der Waals surface area contributed by atoms with Crippen molar-refractivity contribution in [3.8, 4) is 34.5 Å². The number of unbranched alkanes of at least 4 members (excludes halogenated alkanes) is 8. The number of hydrogen-bond acceptors (Lipinski definition) is 15. The van der Waals surface area contributed by atoms with E-state index in [0.29, 0.717) is 47.2 Å². The summed E-state index contributed by atoms with van der Waals surface area (Å²) in [4.78, 5) is 80.4. The number of rotatable bonds is 28. The Morgan fingerprint density at radius 1 is 0.385 bits per heavy atom. The summed E-state index contributed by atoms with van der Waals surface area (Å²) in [5.41, 5.74) is 3.59. The fraction of sp³-hybridized carbons (Fsp3) is 0.333. The van der Waals surface area contributed by atoms with E-state index in [1.54, 1.807) is 72.8 Å². The maximum atomic E-state index is 12.8. The molecule has 15 nitrogen and oxygen atoms in total. The first-order valence-corrected chi connectivity index (χ1v) is 26.9. The van der Waals surface area contributed by atoms with Gasteiger partial charge in [-0.2, -0.15) is 0 Å². The number of ether oxygens (including phenoxy) is 7. The number of likely N-dealkylation sites (N-methyl/N-ethyl adjacent to an activating group) is 1. The van der Waals surface area contributed by atoms with Gasteiger partial charge in [-0.25, -0.2) is 19.2 Å². The van der Waals surface area contributed by atoms with Crippen LogP contribution in [-0.4, -0.2) is 87.2 Å². The minimum absolute atomic E-state index is 0.143. The zero-order valence-corrected chi connectivity index (χ0v) is 44.5. The molecule has 0 unspecified atom stereocenters. The molecular weight excluding hydrogens is 993 g/mol. The van der Waals surface area contributed by atoms with E-state index in [0.717, 1.165) is 64.0 Å². The topological polar surface area (TPSA) is 174 Å². The second kappa shape index (κ2) is 30.4. The number of nitrogens with zero attached hydrogens (tertiary/aromatic N) is 2. The van der Waals surface area contributed by atoms with Crippen LogP contribution in [0.4, 0.5) is 5.69 Å². The number of aryl methyl sites for hydroxylation is 1. The Hall–Kier alpha value is -8.30. The molecule has 0 amide bonds. The monoisotopic (exact) mass is 1060 g/mol. The van der Waals surface area contributed by atoms with Crippen molar-refractivity contribution >= 4 is 41.5 Å². The summed E-state index contributed by atoms with van der Waals surface area (Å²) in [6, 6.07) is 39.7. The van der Waals surface area contributed by atoms with E-state index >= 15 is 0 Å². The number of hydrogen-bond donors (Lipinski definition) is 0. The third kappa shape index (κ3) is 19.1. The minimum Gasteiger partial charge on any atom is -0.494 e. The largest absolute Gasteiger partial charge is 0.494 e. The summed E-state index contributed by atoms with van der Waals surface area (Å²) >= 11 is 0. The maximum Gasteiger partial charge on any atom is 0.343 e. The van der Waals surface area contributed by atoms with Crippen LogP contribution in [-0.2, 0) is 20.7 Å². The van der Waals surface area contributed by atoms with Crippen molar-refractivity contribution in [1.82, 2.24) is 4.90 Å². The first kappa shape index (κ1) is 57.4. The lowest BCUT2D eigenvalue weighted by atomic mass is 10.0. The number of benzene rings is 6. The summed E-state index contributed by atoms with van der Waals surface area (Å²) in [5.74, 6) is -1.24. The first-order valence-electron chi connectivity index (χ1n) is 26.9. The van der Waals surface area contributed by atoms with Crippen molar-refractivity contribution < 1.29 is 61.9 Å². The Labute approximate surface area is 456 Å². The average Bonchev–Trinajstić information content (AvgIpc) is 3.46. The molecule has 78 heavy (non-hydrogen) atoms. The van der Waals surface area contributed by atoms with Gasteiger partial charge in [0.05, 0.1) is 48.3 Å². The predicted molar refractivity (Wildman–Crippen MR) is 295 cm³/mol. The van der Waals surface area contributed by atoms with Crippen LogP contribution in [0, 0.1) is 0 Å². The van der Waals surface area contributed by atoms with Gasteiger partial charge >= 0.3 is 35.8 Å². The Bertz CT molecular complexity index is 2860. The van der Waals surface area contributed by atoms with Gasteiger partial charge in [-0.05, 0) is 185 Å². The third-order valence-electron chi connectivity index (χ3n) is 13.0. The van der Waals surface area contributed by atoms with Crippen LogP contribution in [0.3, 0.4) is 0 Å².